The number of hydrogen-bond donors (Lipinski definition) is 0. The molecule has 1 heterocycles. The van der Waals surface area contributed by atoms with Crippen LogP contribution in [0.2, 0.25) is 0 Å². The number of nitrogens with zero attached hydrogens (tertiary/aromatic N) is 1. The van der Waals surface area contributed by atoms with E-state index in [1.54, 1.807) is 0 Å². The first-order chi connectivity index (χ1) is 6.21. The van der Waals surface area contributed by atoms with Crippen molar-refractivity contribution in [3.63, 3.8) is 0 Å². The zero-order chi connectivity index (χ0) is 11.0. The van der Waals surface area contributed by atoms with Crippen molar-refractivity contribution in [1.29, 1.82) is 0 Å². The van der Waals surface area contributed by atoms with E-state index in [1.165, 1.54) is 5.56 Å². The van der Waals surface area contributed by atoms with Crippen LogP contribution in [0.25, 0.3) is 0 Å². The monoisotopic (exact) mass is 190 g/mol. The molecule has 0 amide bonds. The highest BCUT2D eigenvalue weighted by molar-refractivity contribution is 5.26. The van der Waals surface area contributed by atoms with Crippen LogP contribution in [0.15, 0.2) is 12.1 Å². The minimum atomic E-state index is 0.109. The fourth-order valence-corrected chi connectivity index (χ4v) is 1.21. The van der Waals surface area contributed by atoms with Gasteiger partial charge in [-0.2, -0.15) is 0 Å². The summed E-state index contributed by atoms with van der Waals surface area (Å²) in [6, 6.07) is 4.17. The van der Waals surface area contributed by atoms with Crippen molar-refractivity contribution in [2.24, 2.45) is 0 Å². The van der Waals surface area contributed by atoms with Gasteiger partial charge in [-0.25, -0.2) is 0 Å². The molecule has 0 aliphatic heterocycles. The van der Waals surface area contributed by atoms with Crippen molar-refractivity contribution in [3.8, 4) is 0 Å². The molecule has 0 spiro atoms. The van der Waals surface area contributed by atoms with E-state index < -0.39 is 0 Å². The second-order valence-electron chi connectivity index (χ2n) is 5.87. The predicted octanol–water partition coefficient (Wildman–Crippen LogP) is 3.48. The molecule has 0 saturated heterocycles. The molecular weight excluding hydrogens is 170 g/mol. The van der Waals surface area contributed by atoms with Crippen molar-refractivity contribution < 1.29 is 0 Å². The quantitative estimate of drug-likeness (QED) is 0.610. The van der Waals surface area contributed by atoms with Crippen molar-refractivity contribution in [1.82, 2.24) is 4.98 Å². The standard InChI is InChI=1S/C13H20N/c1-12(2,3)10-7-8-14-11(9-10)13(4,5)6/h7,9H,1-6H3. The van der Waals surface area contributed by atoms with Gasteiger partial charge in [-0.1, -0.05) is 41.5 Å². The Labute approximate surface area is 87.6 Å². The van der Waals surface area contributed by atoms with Crippen LogP contribution in [-0.4, -0.2) is 4.98 Å². The number of hydrogen-bond acceptors (Lipinski definition) is 1. The largest absolute Gasteiger partial charge is 0.251 e. The first-order valence-corrected chi connectivity index (χ1v) is 5.10. The Morgan fingerprint density at radius 3 is 2.00 bits per heavy atom. The van der Waals surface area contributed by atoms with Gasteiger partial charge in [0.15, 0.2) is 0 Å². The SMILES string of the molecule is CC(C)(C)c1c[c]nc(C(C)(C)C)c1. The van der Waals surface area contributed by atoms with Crippen molar-refractivity contribution in [2.45, 2.75) is 52.4 Å². The third-order valence-electron chi connectivity index (χ3n) is 2.33. The molecule has 1 aromatic heterocycles. The highest BCUT2D eigenvalue weighted by atomic mass is 14.7. The molecule has 77 valence electrons. The maximum atomic E-state index is 4.30. The van der Waals surface area contributed by atoms with Gasteiger partial charge >= 0.3 is 0 Å². The number of aromatic nitrogens is 1. The summed E-state index contributed by atoms with van der Waals surface area (Å²) in [4.78, 5) is 4.30. The second-order valence-corrected chi connectivity index (χ2v) is 5.87. The molecule has 0 aliphatic rings. The third kappa shape index (κ3) is 2.57. The molecule has 0 fully saturated rings. The maximum absolute atomic E-state index is 4.30. The van der Waals surface area contributed by atoms with Crippen LogP contribution in [-0.2, 0) is 10.8 Å². The lowest BCUT2D eigenvalue weighted by Gasteiger charge is -2.23. The lowest BCUT2D eigenvalue weighted by Crippen LogP contribution is -2.17. The van der Waals surface area contributed by atoms with Crippen LogP contribution in [0, 0.1) is 6.20 Å². The summed E-state index contributed by atoms with van der Waals surface area (Å²) in [6.07, 6.45) is 2.99. The zero-order valence-electron chi connectivity index (χ0n) is 10.1. The van der Waals surface area contributed by atoms with Crippen LogP contribution < -0.4 is 0 Å². The Balaban J connectivity index is 3.15. The zero-order valence-corrected chi connectivity index (χ0v) is 10.1. The van der Waals surface area contributed by atoms with Crippen molar-refractivity contribution in [3.05, 3.63) is 29.6 Å². The predicted molar refractivity (Wildman–Crippen MR) is 60.5 cm³/mol. The Morgan fingerprint density at radius 1 is 1.00 bits per heavy atom. The van der Waals surface area contributed by atoms with Crippen LogP contribution in [0.1, 0.15) is 52.8 Å². The maximum Gasteiger partial charge on any atom is 0.0892 e. The minimum Gasteiger partial charge on any atom is -0.251 e. The van der Waals surface area contributed by atoms with Crippen molar-refractivity contribution >= 4 is 0 Å². The van der Waals surface area contributed by atoms with Gasteiger partial charge in [0.25, 0.3) is 0 Å². The summed E-state index contributed by atoms with van der Waals surface area (Å²) < 4.78 is 0. The molecule has 0 atom stereocenters. The molecule has 0 aliphatic carbocycles. The van der Waals surface area contributed by atoms with Gasteiger partial charge in [0.05, 0.1) is 6.20 Å². The lowest BCUT2D eigenvalue weighted by atomic mass is 9.84. The summed E-state index contributed by atoms with van der Waals surface area (Å²) in [5.74, 6) is 0. The number of rotatable bonds is 0. The minimum absolute atomic E-state index is 0.109. The average Bonchev–Trinajstić information content (AvgIpc) is 2.01. The lowest BCUT2D eigenvalue weighted by molar-refractivity contribution is 0.552. The van der Waals surface area contributed by atoms with E-state index in [4.69, 9.17) is 0 Å². The molecule has 1 rings (SSSR count). The summed E-state index contributed by atoms with van der Waals surface area (Å²) in [5, 5.41) is 0. The van der Waals surface area contributed by atoms with Crippen LogP contribution in [0.5, 0.6) is 0 Å². The topological polar surface area (TPSA) is 12.9 Å². The smallest absolute Gasteiger partial charge is 0.0892 e. The van der Waals surface area contributed by atoms with Gasteiger partial charge in [-0.15, -0.1) is 0 Å². The van der Waals surface area contributed by atoms with E-state index in [2.05, 4.69) is 58.8 Å². The Kier molecular flexibility index (Phi) is 2.71. The summed E-state index contributed by atoms with van der Waals surface area (Å²) in [6.45, 7) is 13.2. The molecule has 1 aromatic rings. The van der Waals surface area contributed by atoms with E-state index in [-0.39, 0.29) is 10.8 Å². The molecular formula is C13H20N. The fourth-order valence-electron chi connectivity index (χ4n) is 1.21. The first kappa shape index (κ1) is 11.2. The normalized spacial score (nSPS) is 13.0. The highest BCUT2D eigenvalue weighted by Gasteiger charge is 2.19. The Morgan fingerprint density at radius 2 is 1.57 bits per heavy atom. The molecule has 1 heteroatoms. The van der Waals surface area contributed by atoms with E-state index in [0.717, 1.165) is 5.69 Å². The molecule has 0 bridgehead atoms. The van der Waals surface area contributed by atoms with Gasteiger partial charge in [-0.05, 0) is 23.1 Å². The van der Waals surface area contributed by atoms with Gasteiger partial charge in [0, 0.05) is 11.1 Å². The molecule has 1 radical (unpaired) electrons. The Hall–Kier alpha value is -0.850. The summed E-state index contributed by atoms with van der Waals surface area (Å²) in [7, 11) is 0. The molecule has 0 aromatic carbocycles. The molecule has 0 saturated carbocycles. The van der Waals surface area contributed by atoms with Gasteiger partial charge in [0.2, 0.25) is 0 Å². The van der Waals surface area contributed by atoms with Crippen LogP contribution in [0.3, 0.4) is 0 Å². The van der Waals surface area contributed by atoms with Gasteiger partial charge < -0.3 is 0 Å². The highest BCUT2D eigenvalue weighted by Crippen LogP contribution is 2.26. The second kappa shape index (κ2) is 3.38. The fraction of sp³-hybridized carbons (Fsp3) is 0.615. The molecule has 0 unspecified atom stereocenters. The van der Waals surface area contributed by atoms with E-state index in [9.17, 15) is 0 Å². The summed E-state index contributed by atoms with van der Waals surface area (Å²) in [5.41, 5.74) is 2.71. The van der Waals surface area contributed by atoms with Gasteiger partial charge in [-0.3, -0.25) is 4.98 Å². The van der Waals surface area contributed by atoms with E-state index in [0.29, 0.717) is 0 Å². The van der Waals surface area contributed by atoms with Crippen molar-refractivity contribution in [2.75, 3.05) is 0 Å². The summed E-state index contributed by atoms with van der Waals surface area (Å²) >= 11 is 0. The average molecular weight is 190 g/mol. The van der Waals surface area contributed by atoms with Crippen LogP contribution in [0.4, 0.5) is 0 Å². The molecule has 14 heavy (non-hydrogen) atoms. The van der Waals surface area contributed by atoms with E-state index in [1.807, 2.05) is 6.07 Å². The molecule has 1 nitrogen and oxygen atoms in total. The van der Waals surface area contributed by atoms with Crippen LogP contribution >= 0.6 is 0 Å². The Bertz CT molecular complexity index is 283. The third-order valence-corrected chi connectivity index (χ3v) is 2.33. The van der Waals surface area contributed by atoms with Gasteiger partial charge in [0.1, 0.15) is 0 Å². The van der Waals surface area contributed by atoms with E-state index >= 15 is 0 Å². The molecule has 0 N–H and O–H groups in total. The first-order valence-electron chi connectivity index (χ1n) is 5.10. The number of pyridine rings is 1.